The molecule has 1 aromatic rings. The number of nitrogens with two attached hydrogens (primary N) is 1. The summed E-state index contributed by atoms with van der Waals surface area (Å²) >= 11 is 0. The van der Waals surface area contributed by atoms with E-state index >= 15 is 0 Å². The molecule has 0 saturated heterocycles. The van der Waals surface area contributed by atoms with E-state index in [2.05, 4.69) is 10.3 Å². The molecular formula is C11H14N4O5. The predicted molar refractivity (Wildman–Crippen MR) is 69.3 cm³/mol. The molecule has 0 radical (unpaired) electrons. The number of pyridine rings is 1. The van der Waals surface area contributed by atoms with Crippen LogP contribution >= 0.6 is 0 Å². The molecule has 0 aromatic carbocycles. The summed E-state index contributed by atoms with van der Waals surface area (Å²) in [5.41, 5.74) is 3.24. The normalized spacial score (nSPS) is 10.9. The van der Waals surface area contributed by atoms with Crippen LogP contribution in [0.25, 0.3) is 0 Å². The molecule has 4 N–H and O–H groups in total. The average Bonchev–Trinajstić information content (AvgIpc) is 2.35. The molecule has 0 spiro atoms. The molecule has 0 fully saturated rings. The van der Waals surface area contributed by atoms with Crippen LogP contribution in [0.4, 0.5) is 11.5 Å². The van der Waals surface area contributed by atoms with Gasteiger partial charge in [0, 0.05) is 12.6 Å². The maximum absolute atomic E-state index is 11.1. The minimum Gasteiger partial charge on any atom is -0.477 e. The Morgan fingerprint density at radius 2 is 2.15 bits per heavy atom. The number of aromatic carboxylic acids is 1. The number of anilines is 1. The number of nitro groups is 1. The Kier molecular flexibility index (Phi) is 4.23. The van der Waals surface area contributed by atoms with Crippen molar-refractivity contribution < 1.29 is 19.6 Å². The largest absolute Gasteiger partial charge is 0.477 e. The minimum atomic E-state index is -1.43. The van der Waals surface area contributed by atoms with Crippen LogP contribution < -0.4 is 11.1 Å². The highest BCUT2D eigenvalue weighted by Gasteiger charge is 2.26. The number of rotatable bonds is 6. The maximum Gasteiger partial charge on any atom is 0.342 e. The quantitative estimate of drug-likeness (QED) is 0.511. The van der Waals surface area contributed by atoms with Gasteiger partial charge in [0.2, 0.25) is 5.91 Å². The van der Waals surface area contributed by atoms with Crippen LogP contribution in [0, 0.1) is 15.5 Å². The molecule has 1 rings (SSSR count). The summed E-state index contributed by atoms with van der Waals surface area (Å²) < 4.78 is 0. The van der Waals surface area contributed by atoms with Crippen molar-refractivity contribution in [3.05, 3.63) is 27.9 Å². The van der Waals surface area contributed by atoms with Gasteiger partial charge in [0.1, 0.15) is 17.6 Å². The van der Waals surface area contributed by atoms with E-state index in [0.29, 0.717) is 0 Å². The molecule has 20 heavy (non-hydrogen) atoms. The Labute approximate surface area is 114 Å². The molecule has 9 nitrogen and oxygen atoms in total. The number of hydrogen-bond acceptors (Lipinski definition) is 6. The number of carbonyl (C=O) groups excluding carboxylic acids is 1. The number of amides is 1. The fourth-order valence-corrected chi connectivity index (χ4v) is 1.26. The highest BCUT2D eigenvalue weighted by Crippen LogP contribution is 2.21. The lowest BCUT2D eigenvalue weighted by Gasteiger charge is -2.21. The van der Waals surface area contributed by atoms with Crippen LogP contribution in [0.15, 0.2) is 12.3 Å². The maximum atomic E-state index is 11.1. The Balaban J connectivity index is 2.99. The number of carboxylic acids is 1. The zero-order valence-electron chi connectivity index (χ0n) is 10.9. The molecule has 0 atom stereocenters. The van der Waals surface area contributed by atoms with Gasteiger partial charge in [0.05, 0.1) is 10.3 Å². The molecule has 0 aliphatic rings. The number of carbonyl (C=O) groups is 2. The van der Waals surface area contributed by atoms with Gasteiger partial charge < -0.3 is 16.2 Å². The van der Waals surface area contributed by atoms with Crippen molar-refractivity contribution in [3.63, 3.8) is 0 Å². The van der Waals surface area contributed by atoms with E-state index < -0.39 is 33.5 Å². The highest BCUT2D eigenvalue weighted by atomic mass is 16.6. The fourth-order valence-electron chi connectivity index (χ4n) is 1.26. The van der Waals surface area contributed by atoms with Gasteiger partial charge in [-0.25, -0.2) is 9.78 Å². The second-order valence-corrected chi connectivity index (χ2v) is 4.75. The molecular weight excluding hydrogens is 268 g/mol. The molecule has 1 aromatic heterocycles. The van der Waals surface area contributed by atoms with Crippen LogP contribution in [-0.4, -0.2) is 33.4 Å². The summed E-state index contributed by atoms with van der Waals surface area (Å²) in [5.74, 6) is -1.86. The average molecular weight is 282 g/mol. The summed E-state index contributed by atoms with van der Waals surface area (Å²) in [7, 11) is 0. The van der Waals surface area contributed by atoms with Gasteiger partial charge in [-0.1, -0.05) is 0 Å². The van der Waals surface area contributed by atoms with Crippen molar-refractivity contribution in [2.24, 2.45) is 11.1 Å². The summed E-state index contributed by atoms with van der Waals surface area (Å²) in [5, 5.41) is 22.3. The molecule has 0 aliphatic heterocycles. The number of nitrogens with one attached hydrogen (secondary N) is 1. The molecule has 1 amide bonds. The first-order chi connectivity index (χ1) is 9.15. The van der Waals surface area contributed by atoms with Crippen LogP contribution in [0.2, 0.25) is 0 Å². The smallest absolute Gasteiger partial charge is 0.342 e. The third kappa shape index (κ3) is 3.40. The van der Waals surface area contributed by atoms with E-state index in [-0.39, 0.29) is 12.4 Å². The lowest BCUT2D eigenvalue weighted by atomic mass is 9.93. The van der Waals surface area contributed by atoms with E-state index in [9.17, 15) is 19.7 Å². The van der Waals surface area contributed by atoms with Crippen LogP contribution in [0.5, 0.6) is 0 Å². The number of nitrogens with zero attached hydrogens (tertiary/aromatic N) is 2. The van der Waals surface area contributed by atoms with E-state index in [4.69, 9.17) is 10.8 Å². The Morgan fingerprint density at radius 1 is 1.55 bits per heavy atom. The van der Waals surface area contributed by atoms with Gasteiger partial charge in [-0.15, -0.1) is 0 Å². The van der Waals surface area contributed by atoms with Gasteiger partial charge in [-0.2, -0.15) is 0 Å². The predicted octanol–water partition coefficient (Wildman–Crippen LogP) is 0.611. The van der Waals surface area contributed by atoms with Gasteiger partial charge in [-0.05, 0) is 13.8 Å². The Morgan fingerprint density at radius 3 is 2.60 bits per heavy atom. The van der Waals surface area contributed by atoms with Crippen molar-refractivity contribution in [3.8, 4) is 0 Å². The molecule has 1 heterocycles. The number of aromatic nitrogens is 1. The lowest BCUT2D eigenvalue weighted by Crippen LogP contribution is -2.37. The topological polar surface area (TPSA) is 148 Å². The highest BCUT2D eigenvalue weighted by molar-refractivity contribution is 5.93. The number of hydrogen-bond donors (Lipinski definition) is 3. The lowest BCUT2D eigenvalue weighted by molar-refractivity contribution is -0.385. The van der Waals surface area contributed by atoms with Crippen LogP contribution in [0.3, 0.4) is 0 Å². The summed E-state index contributed by atoms with van der Waals surface area (Å²) in [6.07, 6.45) is 0.850. The SMILES string of the molecule is CC(C)(CNc1cc(C(=O)O)c([N+](=O)[O-])cn1)C(N)=O. The first kappa shape index (κ1) is 15.3. The van der Waals surface area contributed by atoms with Crippen LogP contribution in [0.1, 0.15) is 24.2 Å². The van der Waals surface area contributed by atoms with Crippen molar-refractivity contribution >= 4 is 23.4 Å². The van der Waals surface area contributed by atoms with Crippen molar-refractivity contribution in [2.45, 2.75) is 13.8 Å². The monoisotopic (exact) mass is 282 g/mol. The van der Waals surface area contributed by atoms with E-state index in [1.807, 2.05) is 0 Å². The molecule has 0 unspecified atom stereocenters. The summed E-state index contributed by atoms with van der Waals surface area (Å²) in [6, 6.07) is 1.04. The molecule has 9 heteroatoms. The number of primary amides is 1. The van der Waals surface area contributed by atoms with Gasteiger partial charge in [0.15, 0.2) is 0 Å². The molecule has 0 saturated carbocycles. The summed E-state index contributed by atoms with van der Waals surface area (Å²) in [6.45, 7) is 3.32. The zero-order chi connectivity index (χ0) is 15.5. The van der Waals surface area contributed by atoms with Crippen molar-refractivity contribution in [1.29, 1.82) is 0 Å². The second-order valence-electron chi connectivity index (χ2n) is 4.75. The zero-order valence-corrected chi connectivity index (χ0v) is 10.9. The fraction of sp³-hybridized carbons (Fsp3) is 0.364. The number of carboxylic acid groups (broad SMARTS) is 1. The van der Waals surface area contributed by atoms with E-state index in [1.54, 1.807) is 13.8 Å². The standard InChI is InChI=1S/C11H14N4O5/c1-11(2,10(12)18)5-14-8-3-6(9(16)17)7(4-13-8)15(19)20/h3-4H,5H2,1-2H3,(H2,12,18)(H,13,14)(H,16,17). The third-order valence-corrected chi connectivity index (χ3v) is 2.69. The second kappa shape index (κ2) is 5.51. The molecule has 0 bridgehead atoms. The first-order valence-electron chi connectivity index (χ1n) is 5.56. The van der Waals surface area contributed by atoms with Crippen LogP contribution in [-0.2, 0) is 4.79 Å². The van der Waals surface area contributed by atoms with Crippen molar-refractivity contribution in [1.82, 2.24) is 4.98 Å². The summed E-state index contributed by atoms with van der Waals surface area (Å²) in [4.78, 5) is 35.7. The van der Waals surface area contributed by atoms with Crippen molar-refractivity contribution in [2.75, 3.05) is 11.9 Å². The van der Waals surface area contributed by atoms with E-state index in [0.717, 1.165) is 12.3 Å². The Hall–Kier alpha value is -2.71. The van der Waals surface area contributed by atoms with Gasteiger partial charge in [-0.3, -0.25) is 14.9 Å². The molecule has 0 aliphatic carbocycles. The van der Waals surface area contributed by atoms with E-state index in [1.165, 1.54) is 0 Å². The minimum absolute atomic E-state index is 0.113. The Bertz CT molecular complexity index is 570. The molecule has 108 valence electrons. The first-order valence-corrected chi connectivity index (χ1v) is 5.56. The van der Waals surface area contributed by atoms with Gasteiger partial charge in [0.25, 0.3) is 0 Å². The van der Waals surface area contributed by atoms with Gasteiger partial charge >= 0.3 is 11.7 Å². The third-order valence-electron chi connectivity index (χ3n) is 2.69.